The predicted molar refractivity (Wildman–Crippen MR) is 363 cm³/mol. The van der Waals surface area contributed by atoms with Gasteiger partial charge in [-0.1, -0.05) is 122 Å². The molecule has 25 nitrogen and oxygen atoms in total. The molecule has 6 unspecified atom stereocenters. The quantitative estimate of drug-likeness (QED) is 0.0156. The minimum atomic E-state index is -1.02. The Morgan fingerprint density at radius 1 is 0.640 bits per heavy atom. The van der Waals surface area contributed by atoms with Gasteiger partial charge in [0.15, 0.2) is 11.4 Å². The Labute approximate surface area is 682 Å². The zero-order valence-electron chi connectivity index (χ0n) is 54.6. The van der Waals surface area contributed by atoms with E-state index in [1.54, 1.807) is 78.9 Å². The van der Waals surface area contributed by atoms with E-state index in [2.05, 4.69) is 31.0 Å². The van der Waals surface area contributed by atoms with Gasteiger partial charge in [-0.25, -0.2) is 13.2 Å². The van der Waals surface area contributed by atoms with E-state index in [1.165, 1.54) is 38.5 Å². The molecule has 3 saturated carbocycles. The van der Waals surface area contributed by atoms with E-state index >= 15 is 0 Å². The first-order valence-corrected chi connectivity index (χ1v) is 31.6. The first-order valence-electron chi connectivity index (χ1n) is 30.0. The molecule has 536 valence electrons. The number of halogens is 7. The zero-order valence-corrected chi connectivity index (χ0v) is 62.8. The Morgan fingerprint density at radius 3 is 1.49 bits per heavy atom. The molecule has 5 aromatic carbocycles. The van der Waals surface area contributed by atoms with E-state index in [-0.39, 0.29) is 245 Å². The Hall–Kier alpha value is -5.02. The van der Waals surface area contributed by atoms with Crippen LogP contribution >= 0.6 is 46.4 Å². The number of Topliss-reactive ketones (excluding diaryl/α,β-unsaturated/α-hetero) is 1. The fourth-order valence-electron chi connectivity index (χ4n) is 10.4. The maximum atomic E-state index is 14.1. The number of carbonyl (C=O) groups excluding carboxylic acids is 7. The number of carboxylic acids is 1. The molecule has 34 heteroatoms. The molecule has 10 rings (SSSR count). The number of hydrogen-bond donors (Lipinski definition) is 10. The summed E-state index contributed by atoms with van der Waals surface area (Å²) in [5.41, 5.74) is 18.3. The Kier molecular flexibility index (Phi) is 44.7. The fourth-order valence-corrected chi connectivity index (χ4v) is 11.1. The maximum Gasteiger partial charge on any atom is 1.00 e. The average molecular weight is 1530 g/mol. The van der Waals surface area contributed by atoms with Crippen LogP contribution in [-0.2, 0) is 66.3 Å². The van der Waals surface area contributed by atoms with Crippen molar-refractivity contribution >= 4 is 116 Å². The molecular formula is C66H82Cl4F3K2N11O14. The van der Waals surface area contributed by atoms with Crippen LogP contribution in [0.2, 0.25) is 15.1 Å². The summed E-state index contributed by atoms with van der Waals surface area (Å²) < 4.78 is 43.6. The van der Waals surface area contributed by atoms with Gasteiger partial charge in [-0.3, -0.25) is 47.7 Å². The standard InChI is InChI=1S/C24H25ClFN5O4.C14H18ClFN2O2.C10H9Cl2FO.C10H9N3O3.C5H11NO.CH2O3.2CH4.2K.H/c25-16-7-3-5-14(22(16)26)11-28-20(33)12-30(18-9-4-10-19(18)32)21(34)13-31-17-8-2-1-6-15(17)23(29-31)24(27)35;15-10-4-1-3-9(14(10)16)7-18-13(20)8-17-11-5-2-6-12(11)19;11-6-8(14)5-4-7-2-1-3-9(12)10(7)13;11-10(16)9-6-3-1-2-4-7(6)13(12-9)5-8(14)15;6-4-2-1-3-5(4)7;2-1-4-3;;;;;/h1-3,5-8,18-19,32H,4,9-13H2,(H2,27,35)(H,28,33);1,3-4,11-12,17,19H,2,5-8H2,(H,18,20);1-3H,4-6H2;1-4H,5H2,(H2,11,16)(H,14,15);4-5,7H,1-3,6H2;1,3H;2*1H4;;;/q;;;;;;;;2*+1;-1/p-1. The van der Waals surface area contributed by atoms with Crippen LogP contribution in [0.15, 0.2) is 103 Å². The molecule has 5 amide bonds. The van der Waals surface area contributed by atoms with Crippen molar-refractivity contribution in [3.63, 3.8) is 0 Å². The number of nitrogens with zero attached hydrogens (tertiary/aromatic N) is 5. The summed E-state index contributed by atoms with van der Waals surface area (Å²) in [6.07, 6.45) is 6.61. The SMILES string of the molecule is C.C.NC(=O)c1nn(CC(=O)N(CC(=O)NCc2cccc(Cl)c2F)C2CCCC2O)c2ccccc12.NC(=O)c1nn(CC(=O)O)c2ccccc12.NC1CCCC1O.O=C(CCl)CCc1cccc(Cl)c1F.O=C(CNC1CCCC1O)NCc1cccc(Cl)c1F.O=CO[O-].[H-].[K+].[K+]. The van der Waals surface area contributed by atoms with Crippen LogP contribution < -0.4 is 141 Å². The minimum absolute atomic E-state index is 0. The number of nitrogens with one attached hydrogen (secondary N) is 3. The van der Waals surface area contributed by atoms with E-state index in [9.17, 15) is 56.9 Å². The number of aryl methyl sites for hydroxylation is 1. The molecule has 6 atom stereocenters. The van der Waals surface area contributed by atoms with Gasteiger partial charge in [0.1, 0.15) is 36.3 Å². The van der Waals surface area contributed by atoms with Gasteiger partial charge in [-0.05, 0) is 100 Å². The molecule has 0 bridgehead atoms. The molecule has 3 aliphatic rings. The number of carboxylic acid groups (broad SMARTS) is 1. The Balaban J connectivity index is 0.00000130. The van der Waals surface area contributed by atoms with Gasteiger partial charge < -0.3 is 70.0 Å². The number of alkyl halides is 1. The van der Waals surface area contributed by atoms with Crippen LogP contribution in [0.4, 0.5) is 13.2 Å². The molecule has 7 aromatic rings. The number of rotatable bonds is 21. The first-order chi connectivity index (χ1) is 45.8. The van der Waals surface area contributed by atoms with Crippen molar-refractivity contribution in [3.05, 3.63) is 164 Å². The fraction of sp³-hybridized carbons (Fsp3) is 0.394. The van der Waals surface area contributed by atoms with Gasteiger partial charge in [0.25, 0.3) is 18.3 Å². The number of primary amides is 2. The monoisotopic (exact) mass is 1530 g/mol. The Morgan fingerprint density at radius 2 is 1.08 bits per heavy atom. The van der Waals surface area contributed by atoms with Crippen LogP contribution in [-0.4, -0.2) is 148 Å². The number of aliphatic carboxylic acids is 1. The van der Waals surface area contributed by atoms with Crippen LogP contribution in [0.1, 0.15) is 118 Å². The third kappa shape index (κ3) is 29.3. The van der Waals surface area contributed by atoms with E-state index in [0.29, 0.717) is 58.6 Å². The van der Waals surface area contributed by atoms with E-state index in [4.69, 9.17) is 83.9 Å². The van der Waals surface area contributed by atoms with Crippen LogP contribution in [0.5, 0.6) is 0 Å². The van der Waals surface area contributed by atoms with Crippen molar-refractivity contribution in [2.24, 2.45) is 17.2 Å². The number of ketones is 1. The third-order valence-corrected chi connectivity index (χ3v) is 16.4. The molecule has 0 aliphatic heterocycles. The number of aromatic nitrogens is 4. The number of hydrogen-bond acceptors (Lipinski definition) is 17. The van der Waals surface area contributed by atoms with Crippen LogP contribution in [0.25, 0.3) is 21.8 Å². The second kappa shape index (κ2) is 48.1. The van der Waals surface area contributed by atoms with E-state index in [0.717, 1.165) is 38.5 Å². The van der Waals surface area contributed by atoms with Crippen molar-refractivity contribution in [3.8, 4) is 0 Å². The van der Waals surface area contributed by atoms with Crippen molar-refractivity contribution in [2.45, 2.75) is 148 Å². The zero-order chi connectivity index (χ0) is 70.6. The summed E-state index contributed by atoms with van der Waals surface area (Å²) in [5.74, 6) is -5.30. The summed E-state index contributed by atoms with van der Waals surface area (Å²) in [4.78, 5) is 94.7. The van der Waals surface area contributed by atoms with E-state index in [1.807, 2.05) is 0 Å². The summed E-state index contributed by atoms with van der Waals surface area (Å²) in [6, 6.07) is 27.1. The van der Waals surface area contributed by atoms with Crippen molar-refractivity contribution in [2.75, 3.05) is 19.0 Å². The topological polar surface area (TPSA) is 403 Å². The van der Waals surface area contributed by atoms with Gasteiger partial charge in [-0.15, -0.1) is 11.6 Å². The van der Waals surface area contributed by atoms with Crippen molar-refractivity contribution in [1.29, 1.82) is 0 Å². The van der Waals surface area contributed by atoms with Gasteiger partial charge in [0.2, 0.25) is 17.7 Å². The van der Waals surface area contributed by atoms with Gasteiger partial charge in [-0.2, -0.15) is 10.2 Å². The molecule has 3 fully saturated rings. The second-order valence-electron chi connectivity index (χ2n) is 22.0. The summed E-state index contributed by atoms with van der Waals surface area (Å²) in [6.45, 7) is -0.956. The smallest absolute Gasteiger partial charge is 1.00 e. The summed E-state index contributed by atoms with van der Waals surface area (Å²) >= 11 is 22.4. The largest absolute Gasteiger partial charge is 1.00 e. The Bertz CT molecular complexity index is 3810. The molecule has 0 saturated heterocycles. The van der Waals surface area contributed by atoms with Crippen LogP contribution in [0, 0.1) is 17.5 Å². The molecule has 0 radical (unpaired) electrons. The summed E-state index contributed by atoms with van der Waals surface area (Å²) in [5, 5.41) is 63.6. The third-order valence-electron chi connectivity index (χ3n) is 15.3. The first kappa shape index (κ1) is 93.0. The van der Waals surface area contributed by atoms with Crippen molar-refractivity contribution < 1.29 is 186 Å². The van der Waals surface area contributed by atoms with Crippen LogP contribution in [0.3, 0.4) is 0 Å². The van der Waals surface area contributed by atoms with Gasteiger partial charge in [0, 0.05) is 53.5 Å². The number of aliphatic hydroxyl groups is 3. The second-order valence-corrected chi connectivity index (χ2v) is 23.4. The predicted octanol–water partition coefficient (Wildman–Crippen LogP) is 0.710. The molecule has 3 aliphatic carbocycles. The molecule has 2 aromatic heterocycles. The molecule has 100 heavy (non-hydrogen) atoms. The number of amides is 5. The van der Waals surface area contributed by atoms with Gasteiger partial charge >= 0.3 is 109 Å². The normalized spacial score (nSPS) is 16.8. The number of carbonyl (C=O) groups is 8. The van der Waals surface area contributed by atoms with E-state index < -0.39 is 59.2 Å². The number of fused-ring (bicyclic) bond motifs is 2. The number of benzene rings is 5. The molecule has 13 N–H and O–H groups in total. The number of aliphatic hydroxyl groups excluding tert-OH is 3. The van der Waals surface area contributed by atoms with Gasteiger partial charge in [0.05, 0.1) is 69.4 Å². The summed E-state index contributed by atoms with van der Waals surface area (Å²) in [7, 11) is 0. The number of para-hydroxylation sites is 2. The average Bonchev–Trinajstić information content (AvgIpc) is 1.65. The molecule has 2 heterocycles. The van der Waals surface area contributed by atoms with Crippen molar-refractivity contribution in [1.82, 2.24) is 40.4 Å². The number of nitrogens with two attached hydrogens (primary N) is 3. The molecule has 0 spiro atoms. The molecular weight excluding hydrogens is 1450 g/mol. The maximum absolute atomic E-state index is 14.1. The minimum Gasteiger partial charge on any atom is -1.00 e.